The molecule has 3 aromatic rings. The van der Waals surface area contributed by atoms with Crippen LogP contribution in [0.25, 0.3) is 10.8 Å². The van der Waals surface area contributed by atoms with Gasteiger partial charge in [0.2, 0.25) is 5.91 Å². The number of nitrogens with zero attached hydrogens (tertiary/aromatic N) is 2. The van der Waals surface area contributed by atoms with E-state index in [-0.39, 0.29) is 11.6 Å². The van der Waals surface area contributed by atoms with Crippen molar-refractivity contribution >= 4 is 34.1 Å². The monoisotopic (exact) mass is 386 g/mol. The van der Waals surface area contributed by atoms with Crippen molar-refractivity contribution in [1.82, 2.24) is 14.8 Å². The molecule has 1 unspecified atom stereocenters. The predicted octanol–water partition coefficient (Wildman–Crippen LogP) is 2.88. The first-order valence-corrected chi connectivity index (χ1v) is 9.57. The number of rotatable bonds is 8. The van der Waals surface area contributed by atoms with Crippen LogP contribution in [0.1, 0.15) is 13.3 Å². The Hall–Kier alpha value is -2.58. The summed E-state index contributed by atoms with van der Waals surface area (Å²) in [5, 5.41) is 11.6. The minimum Gasteiger partial charge on any atom is -0.385 e. The van der Waals surface area contributed by atoms with E-state index in [1.54, 1.807) is 14.0 Å². The summed E-state index contributed by atoms with van der Waals surface area (Å²) in [6.45, 7) is 2.84. The zero-order valence-electron chi connectivity index (χ0n) is 15.3. The fourth-order valence-electron chi connectivity index (χ4n) is 2.74. The van der Waals surface area contributed by atoms with Crippen molar-refractivity contribution in [1.29, 1.82) is 0 Å². The normalized spacial score (nSPS) is 12.2. The van der Waals surface area contributed by atoms with Gasteiger partial charge in [-0.25, -0.2) is 9.89 Å². The Morgan fingerprint density at radius 2 is 2.07 bits per heavy atom. The summed E-state index contributed by atoms with van der Waals surface area (Å²) < 4.78 is 6.56. The Labute approximate surface area is 161 Å². The number of H-pyrrole nitrogens is 1. The average Bonchev–Trinajstić information content (AvgIpc) is 3.02. The van der Waals surface area contributed by atoms with Crippen LogP contribution in [-0.2, 0) is 16.1 Å². The molecule has 1 atom stereocenters. The highest BCUT2D eigenvalue weighted by atomic mass is 32.2. The highest BCUT2D eigenvalue weighted by Crippen LogP contribution is 2.25. The van der Waals surface area contributed by atoms with Crippen LogP contribution in [0.5, 0.6) is 0 Å². The van der Waals surface area contributed by atoms with Gasteiger partial charge in [-0.3, -0.25) is 9.36 Å². The Bertz CT molecular complexity index is 977. The van der Waals surface area contributed by atoms with Crippen LogP contribution in [-0.4, -0.2) is 39.6 Å². The summed E-state index contributed by atoms with van der Waals surface area (Å²) in [5.41, 5.74) is 0.486. The molecule has 0 aliphatic rings. The Morgan fingerprint density at radius 3 is 2.89 bits per heavy atom. The van der Waals surface area contributed by atoms with Crippen LogP contribution in [0.2, 0.25) is 0 Å². The maximum Gasteiger partial charge on any atom is 0.343 e. The number of carbonyl (C=O) groups is 1. The summed E-state index contributed by atoms with van der Waals surface area (Å²) >= 11 is 1.25. The Kier molecular flexibility index (Phi) is 6.31. The maximum atomic E-state index is 12.7. The number of anilines is 1. The minimum absolute atomic E-state index is 0.143. The number of aromatic amines is 1. The standard InChI is InChI=1S/C19H22N4O3S/c1-13(27-19-22-21-18(25)23(19)11-6-12-26-2)17(24)20-16-10-5-8-14-7-3-4-9-15(14)16/h3-5,7-10,13H,6,11-12H2,1-2H3,(H,20,24)(H,21,25). The highest BCUT2D eigenvalue weighted by molar-refractivity contribution is 8.00. The number of benzene rings is 2. The van der Waals surface area contributed by atoms with E-state index in [1.165, 1.54) is 16.3 Å². The van der Waals surface area contributed by atoms with Gasteiger partial charge in [0.1, 0.15) is 0 Å². The highest BCUT2D eigenvalue weighted by Gasteiger charge is 2.19. The number of amides is 1. The molecule has 142 valence electrons. The lowest BCUT2D eigenvalue weighted by Gasteiger charge is -2.13. The lowest BCUT2D eigenvalue weighted by Crippen LogP contribution is -2.24. The summed E-state index contributed by atoms with van der Waals surface area (Å²) in [5.74, 6) is -0.143. The molecule has 27 heavy (non-hydrogen) atoms. The molecule has 0 fully saturated rings. The molecule has 1 aromatic heterocycles. The van der Waals surface area contributed by atoms with Crippen LogP contribution >= 0.6 is 11.8 Å². The zero-order chi connectivity index (χ0) is 19.2. The predicted molar refractivity (Wildman–Crippen MR) is 107 cm³/mol. The summed E-state index contributed by atoms with van der Waals surface area (Å²) in [7, 11) is 1.62. The zero-order valence-corrected chi connectivity index (χ0v) is 16.1. The first-order valence-electron chi connectivity index (χ1n) is 8.69. The lowest BCUT2D eigenvalue weighted by atomic mass is 10.1. The number of carbonyl (C=O) groups excluding carboxylic acids is 1. The quantitative estimate of drug-likeness (QED) is 0.459. The van der Waals surface area contributed by atoms with Gasteiger partial charge in [-0.15, -0.1) is 5.10 Å². The molecule has 1 amide bonds. The third-order valence-corrected chi connectivity index (χ3v) is 5.24. The number of thioether (sulfide) groups is 1. The Morgan fingerprint density at radius 1 is 1.30 bits per heavy atom. The SMILES string of the molecule is COCCCn1c(SC(C)C(=O)Nc2cccc3ccccc23)n[nH]c1=O. The van der Waals surface area contributed by atoms with E-state index in [4.69, 9.17) is 4.74 Å². The lowest BCUT2D eigenvalue weighted by molar-refractivity contribution is -0.115. The molecule has 1 heterocycles. The van der Waals surface area contributed by atoms with Crippen LogP contribution in [0.3, 0.4) is 0 Å². The number of aromatic nitrogens is 3. The molecular weight excluding hydrogens is 364 g/mol. The summed E-state index contributed by atoms with van der Waals surface area (Å²) in [4.78, 5) is 24.6. The third-order valence-electron chi connectivity index (χ3n) is 4.15. The minimum atomic E-state index is -0.416. The van der Waals surface area contributed by atoms with Crippen molar-refractivity contribution in [2.24, 2.45) is 0 Å². The van der Waals surface area contributed by atoms with Crippen molar-refractivity contribution in [3.63, 3.8) is 0 Å². The van der Waals surface area contributed by atoms with Crippen molar-refractivity contribution in [3.8, 4) is 0 Å². The van der Waals surface area contributed by atoms with Crippen LogP contribution in [0, 0.1) is 0 Å². The van der Waals surface area contributed by atoms with E-state index in [1.807, 2.05) is 42.5 Å². The van der Waals surface area contributed by atoms with Gasteiger partial charge in [-0.1, -0.05) is 48.2 Å². The Balaban J connectivity index is 1.70. The number of fused-ring (bicyclic) bond motifs is 1. The smallest absolute Gasteiger partial charge is 0.343 e. The molecule has 7 nitrogen and oxygen atoms in total. The van der Waals surface area contributed by atoms with E-state index < -0.39 is 5.25 Å². The van der Waals surface area contributed by atoms with Gasteiger partial charge in [-0.05, 0) is 24.8 Å². The van der Waals surface area contributed by atoms with Crippen molar-refractivity contribution in [3.05, 3.63) is 52.9 Å². The van der Waals surface area contributed by atoms with Gasteiger partial charge < -0.3 is 10.1 Å². The van der Waals surface area contributed by atoms with Crippen molar-refractivity contribution in [2.75, 3.05) is 19.0 Å². The fraction of sp³-hybridized carbons (Fsp3) is 0.316. The van der Waals surface area contributed by atoms with Crippen LogP contribution in [0.15, 0.2) is 52.4 Å². The molecule has 8 heteroatoms. The van der Waals surface area contributed by atoms with Gasteiger partial charge in [0.25, 0.3) is 0 Å². The second kappa shape index (κ2) is 8.88. The molecule has 0 spiro atoms. The van der Waals surface area contributed by atoms with Gasteiger partial charge >= 0.3 is 5.69 Å². The molecular formula is C19H22N4O3S. The van der Waals surface area contributed by atoms with Crippen LogP contribution in [0.4, 0.5) is 5.69 Å². The topological polar surface area (TPSA) is 89.0 Å². The van der Waals surface area contributed by atoms with E-state index in [0.29, 0.717) is 24.7 Å². The largest absolute Gasteiger partial charge is 0.385 e. The number of methoxy groups -OCH3 is 1. The first kappa shape index (κ1) is 19.2. The summed E-state index contributed by atoms with van der Waals surface area (Å²) in [6, 6.07) is 13.7. The van der Waals surface area contributed by atoms with E-state index in [9.17, 15) is 9.59 Å². The van der Waals surface area contributed by atoms with Crippen molar-refractivity contribution < 1.29 is 9.53 Å². The third kappa shape index (κ3) is 4.58. The molecule has 3 rings (SSSR count). The molecule has 0 aliphatic heterocycles. The van der Waals surface area contributed by atoms with Gasteiger partial charge in [0.05, 0.1) is 5.25 Å². The van der Waals surface area contributed by atoms with Gasteiger partial charge in [-0.2, -0.15) is 0 Å². The van der Waals surface area contributed by atoms with Gasteiger partial charge in [0.15, 0.2) is 5.16 Å². The molecule has 2 N–H and O–H groups in total. The number of nitrogens with one attached hydrogen (secondary N) is 2. The molecule has 0 aliphatic carbocycles. The van der Waals surface area contributed by atoms with Gasteiger partial charge in [0, 0.05) is 31.3 Å². The van der Waals surface area contributed by atoms with E-state index in [2.05, 4.69) is 15.5 Å². The van der Waals surface area contributed by atoms with Crippen molar-refractivity contribution in [2.45, 2.75) is 30.3 Å². The molecule has 0 saturated carbocycles. The van der Waals surface area contributed by atoms with E-state index >= 15 is 0 Å². The molecule has 0 saturated heterocycles. The number of hydrogen-bond donors (Lipinski definition) is 2. The maximum absolute atomic E-state index is 12.7. The van der Waals surface area contributed by atoms with Crippen LogP contribution < -0.4 is 11.0 Å². The fourth-order valence-corrected chi connectivity index (χ4v) is 3.62. The second-order valence-electron chi connectivity index (χ2n) is 6.09. The summed E-state index contributed by atoms with van der Waals surface area (Å²) in [6.07, 6.45) is 0.695. The molecule has 0 bridgehead atoms. The molecule has 0 radical (unpaired) electrons. The average molecular weight is 386 g/mol. The number of hydrogen-bond acceptors (Lipinski definition) is 5. The first-order chi connectivity index (χ1) is 13.1. The second-order valence-corrected chi connectivity index (χ2v) is 7.39. The number of ether oxygens (including phenoxy) is 1. The molecule has 2 aromatic carbocycles. The van der Waals surface area contributed by atoms with E-state index in [0.717, 1.165) is 16.5 Å².